The summed E-state index contributed by atoms with van der Waals surface area (Å²) in [5.41, 5.74) is 3.18. The van der Waals surface area contributed by atoms with E-state index in [4.69, 9.17) is 16.7 Å². The molecule has 0 saturated heterocycles. The van der Waals surface area contributed by atoms with Crippen LogP contribution in [0.4, 0.5) is 0 Å². The van der Waals surface area contributed by atoms with E-state index in [2.05, 4.69) is 41.4 Å². The van der Waals surface area contributed by atoms with E-state index in [1.165, 1.54) is 5.56 Å². The van der Waals surface area contributed by atoms with Gasteiger partial charge in [-0.3, -0.25) is 4.57 Å². The van der Waals surface area contributed by atoms with Crippen LogP contribution in [0.3, 0.4) is 0 Å². The molecule has 0 saturated carbocycles. The molecule has 3 aromatic rings. The molecule has 2 aromatic carbocycles. The van der Waals surface area contributed by atoms with Gasteiger partial charge in [-0.2, -0.15) is 0 Å². The zero-order valence-electron chi connectivity index (χ0n) is 13.3. The van der Waals surface area contributed by atoms with Gasteiger partial charge in [0.05, 0.1) is 0 Å². The molecular weight excluding hydrogens is 342 g/mol. The molecule has 0 atom stereocenters. The van der Waals surface area contributed by atoms with Crippen LogP contribution in [-0.2, 0) is 0 Å². The lowest BCUT2D eigenvalue weighted by Crippen LogP contribution is -2.00. The van der Waals surface area contributed by atoms with E-state index >= 15 is 0 Å². The lowest BCUT2D eigenvalue weighted by atomic mass is 10.2. The second kappa shape index (κ2) is 7.83. The van der Waals surface area contributed by atoms with E-state index in [1.54, 1.807) is 11.8 Å². The highest BCUT2D eigenvalue weighted by atomic mass is 35.5. The number of aryl methyl sites for hydroxylation is 1. The normalized spacial score (nSPS) is 11.0. The number of aromatic nitrogens is 3. The van der Waals surface area contributed by atoms with Crippen LogP contribution in [0.1, 0.15) is 12.0 Å². The highest BCUT2D eigenvalue weighted by Crippen LogP contribution is 2.29. The van der Waals surface area contributed by atoms with Gasteiger partial charge in [0.1, 0.15) is 0 Å². The number of nitrogens with zero attached hydrogens (tertiary/aromatic N) is 3. The smallest absolute Gasteiger partial charge is 0.196 e. The maximum Gasteiger partial charge on any atom is 0.196 e. The Kier molecular flexibility index (Phi) is 5.56. The number of aliphatic hydroxyl groups is 1. The molecule has 0 aliphatic carbocycles. The van der Waals surface area contributed by atoms with Gasteiger partial charge in [-0.15, -0.1) is 10.2 Å². The second-order valence-electron chi connectivity index (χ2n) is 5.41. The molecule has 0 bridgehead atoms. The van der Waals surface area contributed by atoms with E-state index in [-0.39, 0.29) is 6.61 Å². The molecular formula is C18H18ClN3OS. The van der Waals surface area contributed by atoms with Gasteiger partial charge >= 0.3 is 0 Å². The molecule has 0 radical (unpaired) electrons. The highest BCUT2D eigenvalue weighted by Gasteiger charge is 2.16. The van der Waals surface area contributed by atoms with Crippen molar-refractivity contribution in [1.82, 2.24) is 14.8 Å². The molecule has 0 spiro atoms. The number of aliphatic hydroxyl groups excluding tert-OH is 1. The van der Waals surface area contributed by atoms with Crippen molar-refractivity contribution < 1.29 is 5.11 Å². The lowest BCUT2D eigenvalue weighted by molar-refractivity contribution is 0.296. The Morgan fingerprint density at radius 1 is 1.04 bits per heavy atom. The van der Waals surface area contributed by atoms with Crippen molar-refractivity contribution in [3.63, 3.8) is 0 Å². The first kappa shape index (κ1) is 17.0. The van der Waals surface area contributed by atoms with Crippen LogP contribution in [-0.4, -0.2) is 32.2 Å². The summed E-state index contributed by atoms with van der Waals surface area (Å²) in [6, 6.07) is 15.9. The minimum atomic E-state index is 0.176. The molecule has 3 rings (SSSR count). The van der Waals surface area contributed by atoms with Crippen LogP contribution >= 0.6 is 23.4 Å². The van der Waals surface area contributed by atoms with Gasteiger partial charge in [0.2, 0.25) is 0 Å². The maximum atomic E-state index is 9.00. The number of halogens is 1. The molecule has 1 aromatic heterocycles. The van der Waals surface area contributed by atoms with Crippen molar-refractivity contribution in [2.24, 2.45) is 0 Å². The summed E-state index contributed by atoms with van der Waals surface area (Å²) in [7, 11) is 0. The van der Waals surface area contributed by atoms with E-state index in [0.717, 1.165) is 34.4 Å². The Morgan fingerprint density at radius 2 is 1.75 bits per heavy atom. The Morgan fingerprint density at radius 3 is 2.42 bits per heavy atom. The molecule has 0 amide bonds. The maximum absolute atomic E-state index is 9.00. The summed E-state index contributed by atoms with van der Waals surface area (Å²) in [5.74, 6) is 1.57. The van der Waals surface area contributed by atoms with Crippen molar-refractivity contribution >= 4 is 23.4 Å². The molecule has 1 heterocycles. The van der Waals surface area contributed by atoms with Crippen LogP contribution in [0.25, 0.3) is 17.1 Å². The molecule has 0 aliphatic rings. The van der Waals surface area contributed by atoms with E-state index in [1.807, 2.05) is 28.8 Å². The predicted octanol–water partition coefficient (Wildman–Crippen LogP) is 4.37. The van der Waals surface area contributed by atoms with E-state index < -0.39 is 0 Å². The first-order valence-electron chi connectivity index (χ1n) is 7.71. The first-order valence-corrected chi connectivity index (χ1v) is 9.07. The molecule has 0 aliphatic heterocycles. The van der Waals surface area contributed by atoms with Gasteiger partial charge < -0.3 is 5.11 Å². The standard InChI is InChI=1S/C18H18ClN3OS/c1-13-3-9-16(10-4-13)22-17(14-5-7-15(19)8-6-14)20-21-18(22)24-12-2-11-23/h3-10,23H,2,11-12H2,1H3. The lowest BCUT2D eigenvalue weighted by Gasteiger charge is -2.10. The predicted molar refractivity (Wildman–Crippen MR) is 99.0 cm³/mol. The fourth-order valence-electron chi connectivity index (χ4n) is 2.30. The largest absolute Gasteiger partial charge is 0.396 e. The fraction of sp³-hybridized carbons (Fsp3) is 0.222. The van der Waals surface area contributed by atoms with Crippen molar-refractivity contribution in [3.8, 4) is 17.1 Å². The SMILES string of the molecule is Cc1ccc(-n2c(SCCCO)nnc2-c2ccc(Cl)cc2)cc1. The monoisotopic (exact) mass is 359 g/mol. The first-order chi connectivity index (χ1) is 11.7. The van der Waals surface area contributed by atoms with Crippen molar-refractivity contribution in [1.29, 1.82) is 0 Å². The zero-order chi connectivity index (χ0) is 16.9. The molecule has 124 valence electrons. The van der Waals surface area contributed by atoms with Gasteiger partial charge in [0.15, 0.2) is 11.0 Å². The number of benzene rings is 2. The fourth-order valence-corrected chi connectivity index (χ4v) is 3.31. The van der Waals surface area contributed by atoms with Gasteiger partial charge in [0.25, 0.3) is 0 Å². The minimum Gasteiger partial charge on any atom is -0.396 e. The summed E-state index contributed by atoms with van der Waals surface area (Å²) in [4.78, 5) is 0. The van der Waals surface area contributed by atoms with Gasteiger partial charge in [-0.05, 0) is 49.7 Å². The van der Waals surface area contributed by atoms with Gasteiger partial charge in [-0.1, -0.05) is 41.1 Å². The Bertz CT molecular complexity index is 800. The topological polar surface area (TPSA) is 50.9 Å². The number of hydrogen-bond acceptors (Lipinski definition) is 4. The molecule has 4 nitrogen and oxygen atoms in total. The van der Waals surface area contributed by atoms with E-state index in [0.29, 0.717) is 5.02 Å². The Balaban J connectivity index is 2.05. The summed E-state index contributed by atoms with van der Waals surface area (Å²) in [6.45, 7) is 2.24. The summed E-state index contributed by atoms with van der Waals surface area (Å²) in [6.07, 6.45) is 0.724. The van der Waals surface area contributed by atoms with Gasteiger partial charge in [0, 0.05) is 28.6 Å². The van der Waals surface area contributed by atoms with E-state index in [9.17, 15) is 0 Å². The number of hydrogen-bond donors (Lipinski definition) is 1. The van der Waals surface area contributed by atoms with Crippen LogP contribution in [0.5, 0.6) is 0 Å². The Labute approximate surface area is 150 Å². The second-order valence-corrected chi connectivity index (χ2v) is 6.91. The van der Waals surface area contributed by atoms with Crippen molar-refractivity contribution in [2.45, 2.75) is 18.5 Å². The quantitative estimate of drug-likeness (QED) is 0.524. The minimum absolute atomic E-state index is 0.176. The van der Waals surface area contributed by atoms with Crippen LogP contribution in [0, 0.1) is 6.92 Å². The molecule has 0 fully saturated rings. The van der Waals surface area contributed by atoms with Crippen LogP contribution in [0.15, 0.2) is 53.7 Å². The molecule has 1 N–H and O–H groups in total. The summed E-state index contributed by atoms with van der Waals surface area (Å²) >= 11 is 7.59. The molecule has 0 unspecified atom stereocenters. The third-order valence-corrected chi connectivity index (χ3v) is 4.83. The Hall–Kier alpha value is -1.82. The highest BCUT2D eigenvalue weighted by molar-refractivity contribution is 7.99. The van der Waals surface area contributed by atoms with Crippen LogP contribution in [0.2, 0.25) is 5.02 Å². The summed E-state index contributed by atoms with van der Waals surface area (Å²) < 4.78 is 2.05. The number of thioether (sulfide) groups is 1. The van der Waals surface area contributed by atoms with Gasteiger partial charge in [-0.25, -0.2) is 0 Å². The third-order valence-electron chi connectivity index (χ3n) is 3.56. The number of rotatable bonds is 6. The molecule has 6 heteroatoms. The van der Waals surface area contributed by atoms with Crippen LogP contribution < -0.4 is 0 Å². The summed E-state index contributed by atoms with van der Waals surface area (Å²) in [5, 5.41) is 19.2. The molecule has 24 heavy (non-hydrogen) atoms. The average Bonchev–Trinajstić information content (AvgIpc) is 3.00. The third kappa shape index (κ3) is 3.80. The zero-order valence-corrected chi connectivity index (χ0v) is 14.9. The average molecular weight is 360 g/mol. The van der Waals surface area contributed by atoms with Crippen molar-refractivity contribution in [3.05, 3.63) is 59.1 Å². The van der Waals surface area contributed by atoms with Crippen molar-refractivity contribution in [2.75, 3.05) is 12.4 Å².